The molecule has 8 nitrogen and oxygen atoms in total. The maximum Gasteiger partial charge on any atom is 0.315 e. The fourth-order valence-electron chi connectivity index (χ4n) is 2.53. The van der Waals surface area contributed by atoms with Gasteiger partial charge in [0.05, 0.1) is 12.2 Å². The summed E-state index contributed by atoms with van der Waals surface area (Å²) in [5.41, 5.74) is 0.873. The van der Waals surface area contributed by atoms with Crippen LogP contribution in [-0.4, -0.2) is 45.3 Å². The number of carbonyl (C=O) groups is 1. The molecule has 0 saturated carbocycles. The number of H-pyrrole nitrogens is 1. The summed E-state index contributed by atoms with van der Waals surface area (Å²) in [5, 5.41) is 12.5. The Kier molecular flexibility index (Phi) is 4.47. The second-order valence-corrected chi connectivity index (χ2v) is 5.24. The molecule has 8 heteroatoms. The molecule has 22 heavy (non-hydrogen) atoms. The monoisotopic (exact) mass is 301 g/mol. The van der Waals surface area contributed by atoms with Gasteiger partial charge in [-0.3, -0.25) is 5.10 Å². The van der Waals surface area contributed by atoms with Crippen LogP contribution in [0.15, 0.2) is 30.7 Å². The molecule has 116 valence electrons. The van der Waals surface area contributed by atoms with Gasteiger partial charge >= 0.3 is 6.03 Å². The molecule has 0 aromatic carbocycles. The molecule has 0 bridgehead atoms. The first-order valence-corrected chi connectivity index (χ1v) is 7.36. The molecule has 0 aliphatic carbocycles. The highest BCUT2D eigenvalue weighted by molar-refractivity contribution is 5.74. The number of anilines is 1. The summed E-state index contributed by atoms with van der Waals surface area (Å²) in [6.45, 7) is 2.07. The van der Waals surface area contributed by atoms with Crippen LogP contribution in [0.5, 0.6) is 0 Å². The van der Waals surface area contributed by atoms with Crippen molar-refractivity contribution in [1.29, 1.82) is 0 Å². The predicted molar refractivity (Wildman–Crippen MR) is 81.2 cm³/mol. The average molecular weight is 301 g/mol. The summed E-state index contributed by atoms with van der Waals surface area (Å²) in [7, 11) is 0. The van der Waals surface area contributed by atoms with Crippen molar-refractivity contribution in [1.82, 2.24) is 30.8 Å². The minimum Gasteiger partial charge on any atom is -0.339 e. The van der Waals surface area contributed by atoms with Gasteiger partial charge in [0.1, 0.15) is 0 Å². The Hall–Kier alpha value is -2.64. The van der Waals surface area contributed by atoms with Crippen LogP contribution in [0.2, 0.25) is 0 Å². The van der Waals surface area contributed by atoms with Gasteiger partial charge < -0.3 is 15.5 Å². The lowest BCUT2D eigenvalue weighted by Gasteiger charge is -2.33. The van der Waals surface area contributed by atoms with Crippen LogP contribution in [0, 0.1) is 0 Å². The van der Waals surface area contributed by atoms with Crippen LogP contribution in [0.1, 0.15) is 18.5 Å². The first-order chi connectivity index (χ1) is 10.8. The summed E-state index contributed by atoms with van der Waals surface area (Å²) in [6, 6.07) is 3.55. The van der Waals surface area contributed by atoms with E-state index in [0.717, 1.165) is 31.6 Å². The van der Waals surface area contributed by atoms with Crippen LogP contribution in [0.3, 0.4) is 0 Å². The van der Waals surface area contributed by atoms with Crippen molar-refractivity contribution in [3.63, 3.8) is 0 Å². The number of aromatic nitrogens is 4. The highest BCUT2D eigenvalue weighted by Gasteiger charge is 2.22. The lowest BCUT2D eigenvalue weighted by atomic mass is 10.1. The minimum atomic E-state index is -0.171. The molecule has 2 aromatic heterocycles. The summed E-state index contributed by atoms with van der Waals surface area (Å²) >= 11 is 0. The van der Waals surface area contributed by atoms with Crippen LogP contribution in [-0.2, 0) is 6.54 Å². The Morgan fingerprint density at radius 3 is 3.00 bits per heavy atom. The molecule has 2 amide bonds. The van der Waals surface area contributed by atoms with Gasteiger partial charge in [0.2, 0.25) is 5.95 Å². The first kappa shape index (κ1) is 14.3. The van der Waals surface area contributed by atoms with E-state index >= 15 is 0 Å². The predicted octanol–water partition coefficient (Wildman–Crippen LogP) is 0.668. The zero-order valence-corrected chi connectivity index (χ0v) is 12.2. The molecule has 1 saturated heterocycles. The number of rotatable bonds is 4. The van der Waals surface area contributed by atoms with E-state index in [0.29, 0.717) is 12.5 Å². The van der Waals surface area contributed by atoms with Crippen molar-refractivity contribution in [3.05, 3.63) is 36.4 Å². The zero-order valence-electron chi connectivity index (χ0n) is 12.2. The molecule has 3 heterocycles. The number of aromatic amines is 1. The fourth-order valence-corrected chi connectivity index (χ4v) is 2.53. The topological polar surface area (TPSA) is 98.8 Å². The maximum absolute atomic E-state index is 11.9. The fraction of sp³-hybridized carbons (Fsp3) is 0.429. The van der Waals surface area contributed by atoms with E-state index in [1.165, 1.54) is 0 Å². The van der Waals surface area contributed by atoms with Gasteiger partial charge in [0.15, 0.2) is 0 Å². The van der Waals surface area contributed by atoms with E-state index in [9.17, 15) is 4.79 Å². The Morgan fingerprint density at radius 1 is 1.36 bits per heavy atom. The number of hydrogen-bond acceptors (Lipinski definition) is 5. The van der Waals surface area contributed by atoms with Crippen molar-refractivity contribution < 1.29 is 4.79 Å². The number of amides is 2. The van der Waals surface area contributed by atoms with Gasteiger partial charge in [0.25, 0.3) is 0 Å². The van der Waals surface area contributed by atoms with Gasteiger partial charge in [-0.1, -0.05) is 0 Å². The SMILES string of the molecule is O=C(NCc1ccn[nH]1)N[C@@H]1CCCN(c2ncccn2)C1. The van der Waals surface area contributed by atoms with Crippen molar-refractivity contribution in [2.24, 2.45) is 0 Å². The molecular weight excluding hydrogens is 282 g/mol. The highest BCUT2D eigenvalue weighted by Crippen LogP contribution is 2.15. The molecule has 2 aromatic rings. The van der Waals surface area contributed by atoms with Crippen LogP contribution < -0.4 is 15.5 Å². The quantitative estimate of drug-likeness (QED) is 0.771. The number of carbonyl (C=O) groups excluding carboxylic acids is 1. The molecule has 1 aliphatic heterocycles. The Morgan fingerprint density at radius 2 is 2.23 bits per heavy atom. The van der Waals surface area contributed by atoms with Crippen molar-refractivity contribution in [2.75, 3.05) is 18.0 Å². The molecule has 1 fully saturated rings. The third-order valence-electron chi connectivity index (χ3n) is 3.59. The third kappa shape index (κ3) is 3.72. The first-order valence-electron chi connectivity index (χ1n) is 7.36. The Bertz CT molecular complexity index is 587. The minimum absolute atomic E-state index is 0.0966. The third-order valence-corrected chi connectivity index (χ3v) is 3.59. The Balaban J connectivity index is 1.48. The number of nitrogens with zero attached hydrogens (tertiary/aromatic N) is 4. The highest BCUT2D eigenvalue weighted by atomic mass is 16.2. The van der Waals surface area contributed by atoms with E-state index in [1.54, 1.807) is 24.7 Å². The zero-order chi connectivity index (χ0) is 15.2. The van der Waals surface area contributed by atoms with Gasteiger partial charge in [-0.25, -0.2) is 14.8 Å². The van der Waals surface area contributed by atoms with E-state index in [2.05, 4.69) is 35.7 Å². The molecular formula is C14H19N7O. The van der Waals surface area contributed by atoms with E-state index < -0.39 is 0 Å². The smallest absolute Gasteiger partial charge is 0.315 e. The number of piperidine rings is 1. The second-order valence-electron chi connectivity index (χ2n) is 5.24. The number of nitrogens with one attached hydrogen (secondary N) is 3. The maximum atomic E-state index is 11.9. The van der Waals surface area contributed by atoms with Crippen LogP contribution in [0.4, 0.5) is 10.7 Å². The Labute approximate surface area is 128 Å². The number of urea groups is 1. The largest absolute Gasteiger partial charge is 0.339 e. The lowest BCUT2D eigenvalue weighted by molar-refractivity contribution is 0.234. The second kappa shape index (κ2) is 6.88. The van der Waals surface area contributed by atoms with E-state index in [1.807, 2.05) is 6.07 Å². The summed E-state index contributed by atoms with van der Waals surface area (Å²) < 4.78 is 0. The average Bonchev–Trinajstić information content (AvgIpc) is 3.08. The van der Waals surface area contributed by atoms with Crippen LogP contribution in [0.25, 0.3) is 0 Å². The molecule has 1 atom stereocenters. The van der Waals surface area contributed by atoms with Gasteiger partial charge in [-0.05, 0) is 25.0 Å². The summed E-state index contributed by atoms with van der Waals surface area (Å²) in [4.78, 5) is 22.6. The standard InChI is InChI=1S/C14H19N7O/c22-14(17-9-11-4-7-18-20-11)19-12-3-1-8-21(10-12)13-15-5-2-6-16-13/h2,4-7,12H,1,3,8-10H2,(H,18,20)(H2,17,19,22)/t12-/m1/s1. The lowest BCUT2D eigenvalue weighted by Crippen LogP contribution is -2.50. The normalized spacial score (nSPS) is 18.0. The van der Waals surface area contributed by atoms with Crippen LogP contribution >= 0.6 is 0 Å². The molecule has 0 radical (unpaired) electrons. The van der Waals surface area contributed by atoms with Gasteiger partial charge in [-0.15, -0.1) is 0 Å². The van der Waals surface area contributed by atoms with Crippen molar-refractivity contribution in [2.45, 2.75) is 25.4 Å². The number of hydrogen-bond donors (Lipinski definition) is 3. The molecule has 0 unspecified atom stereocenters. The van der Waals surface area contributed by atoms with Gasteiger partial charge in [-0.2, -0.15) is 5.10 Å². The van der Waals surface area contributed by atoms with E-state index in [4.69, 9.17) is 0 Å². The van der Waals surface area contributed by atoms with Gasteiger partial charge in [0, 0.05) is 37.7 Å². The summed E-state index contributed by atoms with van der Waals surface area (Å²) in [5.74, 6) is 0.715. The summed E-state index contributed by atoms with van der Waals surface area (Å²) in [6.07, 6.45) is 7.09. The van der Waals surface area contributed by atoms with Crippen molar-refractivity contribution >= 4 is 12.0 Å². The molecule has 3 rings (SSSR count). The molecule has 3 N–H and O–H groups in total. The molecule has 0 spiro atoms. The van der Waals surface area contributed by atoms with Crippen molar-refractivity contribution in [3.8, 4) is 0 Å². The molecule has 1 aliphatic rings. The van der Waals surface area contributed by atoms with E-state index in [-0.39, 0.29) is 12.1 Å².